The number of hydrogen-bond donors (Lipinski definition) is 0. The smallest absolute Gasteiger partial charge is 0.181 e. The van der Waals surface area contributed by atoms with E-state index in [1.165, 1.54) is 6.21 Å². The second-order valence-electron chi connectivity index (χ2n) is 4.32. The SMILES string of the molecule is O=C1C=Nc2ccc(Br)cc2C1CC1OCCO1. The summed E-state index contributed by atoms with van der Waals surface area (Å²) in [6, 6.07) is 5.78. The van der Waals surface area contributed by atoms with Crippen LogP contribution in [-0.4, -0.2) is 31.5 Å². The van der Waals surface area contributed by atoms with E-state index in [1.807, 2.05) is 18.2 Å². The van der Waals surface area contributed by atoms with Crippen LogP contribution >= 0.6 is 15.9 Å². The monoisotopic (exact) mass is 309 g/mol. The summed E-state index contributed by atoms with van der Waals surface area (Å²) in [6.07, 6.45) is 1.67. The number of Topliss-reactive ketones (excluding diaryl/α,β-unsaturated/α-hetero) is 1. The van der Waals surface area contributed by atoms with E-state index < -0.39 is 0 Å². The van der Waals surface area contributed by atoms with Crippen LogP contribution in [0.25, 0.3) is 0 Å². The molecule has 2 heterocycles. The predicted molar refractivity (Wildman–Crippen MR) is 70.4 cm³/mol. The van der Waals surface area contributed by atoms with Gasteiger partial charge in [-0.25, -0.2) is 0 Å². The lowest BCUT2D eigenvalue weighted by molar-refractivity contribution is -0.117. The summed E-state index contributed by atoms with van der Waals surface area (Å²) >= 11 is 3.42. The number of nitrogens with zero attached hydrogens (tertiary/aromatic N) is 1. The van der Waals surface area contributed by atoms with Crippen molar-refractivity contribution in [1.82, 2.24) is 0 Å². The van der Waals surface area contributed by atoms with Gasteiger partial charge in [0, 0.05) is 10.9 Å². The van der Waals surface area contributed by atoms with Gasteiger partial charge in [-0.05, 0) is 23.8 Å². The van der Waals surface area contributed by atoms with Gasteiger partial charge in [-0.1, -0.05) is 15.9 Å². The molecular weight excluding hydrogens is 298 g/mol. The molecule has 2 aliphatic rings. The van der Waals surface area contributed by atoms with Gasteiger partial charge in [0.05, 0.1) is 31.0 Å². The maximum atomic E-state index is 12.0. The molecule has 0 amide bonds. The van der Waals surface area contributed by atoms with Crippen LogP contribution in [0.4, 0.5) is 5.69 Å². The van der Waals surface area contributed by atoms with Crippen LogP contribution in [0.15, 0.2) is 27.7 Å². The molecule has 1 atom stereocenters. The number of hydrogen-bond acceptors (Lipinski definition) is 4. The van der Waals surface area contributed by atoms with Crippen molar-refractivity contribution in [2.75, 3.05) is 13.2 Å². The largest absolute Gasteiger partial charge is 0.350 e. The Labute approximate surface area is 113 Å². The van der Waals surface area contributed by atoms with E-state index in [1.54, 1.807) is 0 Å². The highest BCUT2D eigenvalue weighted by Gasteiger charge is 2.30. The van der Waals surface area contributed by atoms with Gasteiger partial charge in [-0.3, -0.25) is 9.79 Å². The number of ether oxygens (including phenoxy) is 2. The number of benzene rings is 1. The number of fused-ring (bicyclic) bond motifs is 1. The molecule has 1 aromatic carbocycles. The third-order valence-electron chi connectivity index (χ3n) is 3.16. The second kappa shape index (κ2) is 4.91. The van der Waals surface area contributed by atoms with E-state index in [-0.39, 0.29) is 18.0 Å². The van der Waals surface area contributed by atoms with Crippen LogP contribution in [0.1, 0.15) is 17.9 Å². The number of rotatable bonds is 2. The molecule has 0 N–H and O–H groups in total. The van der Waals surface area contributed by atoms with E-state index in [4.69, 9.17) is 9.47 Å². The molecule has 94 valence electrons. The minimum Gasteiger partial charge on any atom is -0.350 e. The zero-order valence-corrected chi connectivity index (χ0v) is 11.2. The first-order chi connectivity index (χ1) is 8.74. The van der Waals surface area contributed by atoms with Crippen LogP contribution < -0.4 is 0 Å². The van der Waals surface area contributed by atoms with Crippen molar-refractivity contribution in [2.24, 2.45) is 4.99 Å². The molecule has 0 radical (unpaired) electrons. The molecule has 0 aromatic heterocycles. The van der Waals surface area contributed by atoms with E-state index in [2.05, 4.69) is 20.9 Å². The zero-order chi connectivity index (χ0) is 12.5. The molecule has 0 aliphatic carbocycles. The van der Waals surface area contributed by atoms with Crippen molar-refractivity contribution in [3.63, 3.8) is 0 Å². The van der Waals surface area contributed by atoms with Gasteiger partial charge < -0.3 is 9.47 Å². The quantitative estimate of drug-likeness (QED) is 0.843. The van der Waals surface area contributed by atoms with Crippen LogP contribution in [0.2, 0.25) is 0 Å². The lowest BCUT2D eigenvalue weighted by Crippen LogP contribution is -2.23. The van der Waals surface area contributed by atoms with Crippen LogP contribution in [-0.2, 0) is 14.3 Å². The summed E-state index contributed by atoms with van der Waals surface area (Å²) in [5.41, 5.74) is 1.79. The van der Waals surface area contributed by atoms with Crippen LogP contribution in [0.3, 0.4) is 0 Å². The van der Waals surface area contributed by atoms with Crippen molar-refractivity contribution in [1.29, 1.82) is 0 Å². The summed E-state index contributed by atoms with van der Waals surface area (Å²) in [5.74, 6) is -0.210. The molecule has 1 fully saturated rings. The normalized spacial score (nSPS) is 23.4. The average molecular weight is 310 g/mol. The van der Waals surface area contributed by atoms with Gasteiger partial charge in [0.2, 0.25) is 0 Å². The number of carbonyl (C=O) groups is 1. The summed E-state index contributed by atoms with van der Waals surface area (Å²) in [4.78, 5) is 16.1. The summed E-state index contributed by atoms with van der Waals surface area (Å²) in [7, 11) is 0. The molecule has 4 nitrogen and oxygen atoms in total. The first-order valence-corrected chi connectivity index (χ1v) is 6.64. The van der Waals surface area contributed by atoms with E-state index in [9.17, 15) is 4.79 Å². The molecule has 1 unspecified atom stereocenters. The standard InChI is InChI=1S/C13H12BrNO3/c14-8-1-2-11-9(5-8)10(12(16)7-15-11)6-13-17-3-4-18-13/h1-2,5,7,10,13H,3-4,6H2. The Morgan fingerprint density at radius 3 is 2.89 bits per heavy atom. The van der Waals surface area contributed by atoms with Crippen LogP contribution in [0.5, 0.6) is 0 Å². The molecule has 0 saturated carbocycles. The molecule has 0 spiro atoms. The molecule has 3 rings (SSSR count). The first kappa shape index (κ1) is 12.0. The number of aliphatic imine (C=N–C) groups is 1. The summed E-state index contributed by atoms with van der Waals surface area (Å²) in [5, 5.41) is 0. The van der Waals surface area contributed by atoms with Gasteiger partial charge in [0.25, 0.3) is 0 Å². The number of carbonyl (C=O) groups excluding carboxylic acids is 1. The Morgan fingerprint density at radius 2 is 2.11 bits per heavy atom. The van der Waals surface area contributed by atoms with Gasteiger partial charge in [0.15, 0.2) is 12.1 Å². The highest BCUT2D eigenvalue weighted by molar-refractivity contribution is 9.10. The molecule has 2 aliphatic heterocycles. The minimum atomic E-state index is -0.280. The first-order valence-electron chi connectivity index (χ1n) is 5.84. The molecule has 5 heteroatoms. The third kappa shape index (κ3) is 2.25. The Balaban J connectivity index is 1.90. The van der Waals surface area contributed by atoms with Gasteiger partial charge >= 0.3 is 0 Å². The Kier molecular flexibility index (Phi) is 3.28. The van der Waals surface area contributed by atoms with E-state index >= 15 is 0 Å². The van der Waals surface area contributed by atoms with Crippen molar-refractivity contribution in [3.05, 3.63) is 28.2 Å². The molecule has 0 bridgehead atoms. The summed E-state index contributed by atoms with van der Waals surface area (Å²) < 4.78 is 11.8. The van der Waals surface area contributed by atoms with Crippen LogP contribution in [0, 0.1) is 0 Å². The Hall–Kier alpha value is -1.04. The number of halogens is 1. The lowest BCUT2D eigenvalue weighted by Gasteiger charge is -2.22. The molecule has 1 saturated heterocycles. The fraction of sp³-hybridized carbons (Fsp3) is 0.385. The van der Waals surface area contributed by atoms with Crippen molar-refractivity contribution < 1.29 is 14.3 Å². The van der Waals surface area contributed by atoms with E-state index in [0.717, 1.165) is 15.7 Å². The van der Waals surface area contributed by atoms with Gasteiger partial charge in [0.1, 0.15) is 0 Å². The van der Waals surface area contributed by atoms with E-state index in [0.29, 0.717) is 19.6 Å². The second-order valence-corrected chi connectivity index (χ2v) is 5.24. The Bertz CT molecular complexity index is 509. The highest BCUT2D eigenvalue weighted by atomic mass is 79.9. The maximum Gasteiger partial charge on any atom is 0.181 e. The van der Waals surface area contributed by atoms with Crippen molar-refractivity contribution >= 4 is 33.6 Å². The fourth-order valence-corrected chi connectivity index (χ4v) is 2.66. The predicted octanol–water partition coefficient (Wildman–Crippen LogP) is 2.58. The molecule has 1 aromatic rings. The Morgan fingerprint density at radius 1 is 1.33 bits per heavy atom. The fourth-order valence-electron chi connectivity index (χ4n) is 2.28. The summed E-state index contributed by atoms with van der Waals surface area (Å²) in [6.45, 7) is 1.20. The molecule has 18 heavy (non-hydrogen) atoms. The molecular formula is C13H12BrNO3. The minimum absolute atomic E-state index is 0.0136. The van der Waals surface area contributed by atoms with Crippen molar-refractivity contribution in [2.45, 2.75) is 18.6 Å². The topological polar surface area (TPSA) is 47.9 Å². The highest BCUT2D eigenvalue weighted by Crippen LogP contribution is 2.36. The average Bonchev–Trinajstić information content (AvgIpc) is 2.86. The zero-order valence-electron chi connectivity index (χ0n) is 9.64. The lowest BCUT2D eigenvalue weighted by atomic mass is 9.88. The van der Waals surface area contributed by atoms with Gasteiger partial charge in [-0.15, -0.1) is 0 Å². The third-order valence-corrected chi connectivity index (χ3v) is 3.65. The van der Waals surface area contributed by atoms with Gasteiger partial charge in [-0.2, -0.15) is 0 Å². The maximum absolute atomic E-state index is 12.0. The number of ketones is 1. The van der Waals surface area contributed by atoms with Crippen molar-refractivity contribution in [3.8, 4) is 0 Å².